The first kappa shape index (κ1) is 24.4. The maximum atomic E-state index is 8.57. The van der Waals surface area contributed by atoms with E-state index in [4.69, 9.17) is 5.41 Å². The lowest BCUT2D eigenvalue weighted by atomic mass is 9.84. The summed E-state index contributed by atoms with van der Waals surface area (Å²) in [6.45, 7) is 0. The third-order valence-corrected chi connectivity index (χ3v) is 7.48. The van der Waals surface area contributed by atoms with E-state index in [1.807, 2.05) is 42.5 Å². The van der Waals surface area contributed by atoms with Gasteiger partial charge in [-0.25, -0.2) is 0 Å². The molecule has 0 bridgehead atoms. The molecule has 1 aliphatic carbocycles. The summed E-state index contributed by atoms with van der Waals surface area (Å²) in [5.74, 6) is 0. The Kier molecular flexibility index (Phi) is 6.26. The first-order chi connectivity index (χ1) is 20.3. The average Bonchev–Trinajstić information content (AvgIpc) is 3.04. The Morgan fingerprint density at radius 3 is 1.73 bits per heavy atom. The molecular weight excluding hydrogens is 500 g/mol. The van der Waals surface area contributed by atoms with Crippen LogP contribution in [0.15, 0.2) is 151 Å². The molecule has 1 aliphatic rings. The topological polar surface area (TPSA) is 61.1 Å². The summed E-state index contributed by atoms with van der Waals surface area (Å²) >= 11 is 0. The van der Waals surface area contributed by atoms with Crippen molar-refractivity contribution in [3.63, 3.8) is 0 Å². The lowest BCUT2D eigenvalue weighted by Gasteiger charge is -2.19. The van der Waals surface area contributed by atoms with E-state index in [1.54, 1.807) is 12.4 Å². The van der Waals surface area contributed by atoms with Crippen LogP contribution in [0.2, 0.25) is 0 Å². The van der Waals surface area contributed by atoms with Gasteiger partial charge in [-0.2, -0.15) is 5.10 Å². The normalized spacial score (nSPS) is 14.0. The van der Waals surface area contributed by atoms with Crippen molar-refractivity contribution in [3.8, 4) is 22.3 Å². The van der Waals surface area contributed by atoms with Gasteiger partial charge in [-0.15, -0.1) is 0 Å². The Hall–Kier alpha value is -5.61. The first-order valence-corrected chi connectivity index (χ1v) is 13.6. The highest BCUT2D eigenvalue weighted by atomic mass is 15.3. The average molecular weight is 527 g/mol. The van der Waals surface area contributed by atoms with Crippen LogP contribution in [0.4, 0.5) is 5.69 Å². The Labute approximate surface area is 238 Å². The molecule has 0 atom stereocenters. The Morgan fingerprint density at radius 2 is 1.10 bits per heavy atom. The van der Waals surface area contributed by atoms with Crippen molar-refractivity contribution in [1.82, 2.24) is 4.98 Å². The van der Waals surface area contributed by atoms with Crippen LogP contribution in [0, 0.1) is 5.41 Å². The van der Waals surface area contributed by atoms with Crippen molar-refractivity contribution in [1.29, 1.82) is 5.41 Å². The summed E-state index contributed by atoms with van der Waals surface area (Å²) in [5.41, 5.74) is 11.8. The molecule has 2 N–H and O–H groups in total. The third kappa shape index (κ3) is 4.62. The number of aromatic nitrogens is 1. The number of hydrogen-bond acceptors (Lipinski definition) is 4. The molecule has 0 unspecified atom stereocenters. The van der Waals surface area contributed by atoms with Gasteiger partial charge in [0, 0.05) is 12.4 Å². The molecule has 7 rings (SSSR count). The highest BCUT2D eigenvalue weighted by Gasteiger charge is 2.19. The Bertz CT molecular complexity index is 1950. The second-order valence-corrected chi connectivity index (χ2v) is 9.98. The van der Waals surface area contributed by atoms with E-state index in [9.17, 15) is 0 Å². The van der Waals surface area contributed by atoms with Gasteiger partial charge in [0.05, 0.1) is 11.4 Å². The third-order valence-electron chi connectivity index (χ3n) is 7.48. The summed E-state index contributed by atoms with van der Waals surface area (Å²) in [6, 6.07) is 39.8. The number of fused-ring (bicyclic) bond motifs is 2. The molecule has 194 valence electrons. The van der Waals surface area contributed by atoms with Gasteiger partial charge >= 0.3 is 0 Å². The predicted molar refractivity (Wildman–Crippen MR) is 172 cm³/mol. The van der Waals surface area contributed by atoms with E-state index in [0.29, 0.717) is 11.4 Å². The second-order valence-electron chi connectivity index (χ2n) is 9.98. The summed E-state index contributed by atoms with van der Waals surface area (Å²) in [5, 5.41) is 18.0. The quantitative estimate of drug-likeness (QED) is 0.134. The van der Waals surface area contributed by atoms with Crippen LogP contribution < -0.4 is 5.43 Å². The van der Waals surface area contributed by atoms with Crippen molar-refractivity contribution >= 4 is 44.2 Å². The molecule has 41 heavy (non-hydrogen) atoms. The van der Waals surface area contributed by atoms with Gasteiger partial charge in [0.1, 0.15) is 5.71 Å². The Balaban J connectivity index is 1.31. The van der Waals surface area contributed by atoms with Crippen LogP contribution in [0.1, 0.15) is 5.56 Å². The number of anilines is 1. The smallest absolute Gasteiger partial charge is 0.109 e. The van der Waals surface area contributed by atoms with Crippen LogP contribution in [0.25, 0.3) is 49.4 Å². The SMILES string of the molecule is N=C1C=CC(c2c3ccccc3c(-c3ccccc3)c3ccccc23)=C/C1=N/Nc1ccc(-c2ccncc2)cc1. The maximum absolute atomic E-state index is 8.57. The van der Waals surface area contributed by atoms with Crippen molar-refractivity contribution < 1.29 is 0 Å². The van der Waals surface area contributed by atoms with Crippen molar-refractivity contribution in [2.45, 2.75) is 0 Å². The molecule has 0 aliphatic heterocycles. The van der Waals surface area contributed by atoms with Crippen molar-refractivity contribution in [2.75, 3.05) is 5.43 Å². The fraction of sp³-hybridized carbons (Fsp3) is 0. The molecule has 0 spiro atoms. The molecule has 4 nitrogen and oxygen atoms in total. The predicted octanol–water partition coefficient (Wildman–Crippen LogP) is 9.16. The standard InChI is InChI=1S/C37H26N4/c38-34-19-16-28(24-35(34)41-40-29-17-14-25(15-18-29)26-20-22-39-23-21-26)37-32-12-6-4-10-30(32)36(27-8-2-1-3-9-27)31-11-5-7-13-33(31)37/h1-24,38,40H/b38-34?,41-35-. The van der Waals surface area contributed by atoms with Crippen LogP contribution in [0.5, 0.6) is 0 Å². The highest BCUT2D eigenvalue weighted by Crippen LogP contribution is 2.42. The molecule has 1 heterocycles. The molecule has 0 saturated carbocycles. The zero-order chi connectivity index (χ0) is 27.6. The van der Waals surface area contributed by atoms with Gasteiger partial charge in [0.25, 0.3) is 0 Å². The number of allylic oxidation sites excluding steroid dienone is 4. The van der Waals surface area contributed by atoms with Gasteiger partial charge in [0.2, 0.25) is 0 Å². The largest absolute Gasteiger partial charge is 0.299 e. The van der Waals surface area contributed by atoms with E-state index < -0.39 is 0 Å². The van der Waals surface area contributed by atoms with E-state index in [0.717, 1.165) is 28.0 Å². The van der Waals surface area contributed by atoms with Gasteiger partial charge in [-0.1, -0.05) is 97.1 Å². The van der Waals surface area contributed by atoms with Crippen LogP contribution in [-0.2, 0) is 0 Å². The summed E-state index contributed by atoms with van der Waals surface area (Å²) in [6.07, 6.45) is 9.46. The zero-order valence-corrected chi connectivity index (χ0v) is 22.3. The van der Waals surface area contributed by atoms with E-state index in [-0.39, 0.29) is 0 Å². The number of hydrogen-bond donors (Lipinski definition) is 2. The minimum absolute atomic E-state index is 0.365. The fourth-order valence-electron chi connectivity index (χ4n) is 5.54. The highest BCUT2D eigenvalue weighted by molar-refractivity contribution is 6.52. The van der Waals surface area contributed by atoms with Crippen LogP contribution in [0.3, 0.4) is 0 Å². The van der Waals surface area contributed by atoms with E-state index >= 15 is 0 Å². The van der Waals surface area contributed by atoms with Crippen LogP contribution >= 0.6 is 0 Å². The van der Waals surface area contributed by atoms with E-state index in [1.165, 1.54) is 32.7 Å². The summed E-state index contributed by atoms with van der Waals surface area (Å²) in [4.78, 5) is 4.09. The fourth-order valence-corrected chi connectivity index (χ4v) is 5.54. The molecule has 5 aromatic carbocycles. The zero-order valence-electron chi connectivity index (χ0n) is 22.3. The van der Waals surface area contributed by atoms with E-state index in [2.05, 4.69) is 107 Å². The molecule has 4 heteroatoms. The number of pyridine rings is 1. The molecule has 0 fully saturated rings. The monoisotopic (exact) mass is 526 g/mol. The first-order valence-electron chi connectivity index (χ1n) is 13.6. The van der Waals surface area contributed by atoms with Gasteiger partial charge < -0.3 is 0 Å². The lowest BCUT2D eigenvalue weighted by Crippen LogP contribution is -2.14. The van der Waals surface area contributed by atoms with Crippen molar-refractivity contribution in [2.24, 2.45) is 5.10 Å². The summed E-state index contributed by atoms with van der Waals surface area (Å²) in [7, 11) is 0. The molecule has 0 radical (unpaired) electrons. The number of nitrogens with zero attached hydrogens (tertiary/aromatic N) is 2. The molecule has 0 saturated heterocycles. The van der Waals surface area contributed by atoms with Gasteiger partial charge in [0.15, 0.2) is 0 Å². The molecular formula is C37H26N4. The second kappa shape index (κ2) is 10.5. The number of benzene rings is 5. The maximum Gasteiger partial charge on any atom is 0.109 e. The molecule has 0 amide bonds. The number of nitrogens with one attached hydrogen (secondary N) is 2. The Morgan fingerprint density at radius 1 is 0.537 bits per heavy atom. The number of rotatable bonds is 5. The minimum atomic E-state index is 0.365. The lowest BCUT2D eigenvalue weighted by molar-refractivity contribution is 1.32. The minimum Gasteiger partial charge on any atom is -0.299 e. The molecule has 6 aromatic rings. The molecule has 1 aromatic heterocycles. The van der Waals surface area contributed by atoms with Crippen LogP contribution in [-0.4, -0.2) is 16.4 Å². The van der Waals surface area contributed by atoms with Gasteiger partial charge in [-0.05, 0) is 91.4 Å². The van der Waals surface area contributed by atoms with Gasteiger partial charge in [-0.3, -0.25) is 15.8 Å². The van der Waals surface area contributed by atoms with Crippen molar-refractivity contribution in [3.05, 3.63) is 151 Å². The summed E-state index contributed by atoms with van der Waals surface area (Å²) < 4.78 is 0. The number of hydrazone groups is 1.